The minimum absolute atomic E-state index is 0.0643. The first-order valence-corrected chi connectivity index (χ1v) is 11.9. The second-order valence-electron chi connectivity index (χ2n) is 7.46. The Morgan fingerprint density at radius 1 is 1.00 bits per heavy atom. The summed E-state index contributed by atoms with van der Waals surface area (Å²) in [5.41, 5.74) is 1.09. The summed E-state index contributed by atoms with van der Waals surface area (Å²) in [4.78, 5) is 26.6. The van der Waals surface area contributed by atoms with E-state index in [1.54, 1.807) is 4.90 Å². The van der Waals surface area contributed by atoms with Crippen LogP contribution in [0.2, 0.25) is 0 Å². The van der Waals surface area contributed by atoms with Crippen molar-refractivity contribution in [2.24, 2.45) is 0 Å². The molecular weight excluding hydrogens is 416 g/mol. The second kappa shape index (κ2) is 10.5. The lowest BCUT2D eigenvalue weighted by Gasteiger charge is -2.26. The normalized spacial score (nSPS) is 14.7. The van der Waals surface area contributed by atoms with E-state index >= 15 is 0 Å². The standard InChI is InChI=1S/C23H28N2O5S/c1-2-24(17-19-10-5-3-6-11-19)22(26)18-30-23(27)20-12-9-13-21(16-20)31(28,29)25-14-7-4-8-15-25/h3,5-6,9-13,16H,2,4,7-8,14-15,17-18H2,1H3. The molecule has 166 valence electrons. The molecule has 0 aliphatic carbocycles. The van der Waals surface area contributed by atoms with Crippen molar-refractivity contribution >= 4 is 21.9 Å². The highest BCUT2D eigenvalue weighted by Crippen LogP contribution is 2.21. The quantitative estimate of drug-likeness (QED) is 0.585. The van der Waals surface area contributed by atoms with Crippen LogP contribution in [0, 0.1) is 0 Å². The molecule has 8 heteroatoms. The maximum atomic E-state index is 12.8. The molecule has 1 fully saturated rings. The number of esters is 1. The number of carbonyl (C=O) groups excluding carboxylic acids is 2. The molecule has 0 saturated carbocycles. The summed E-state index contributed by atoms with van der Waals surface area (Å²) in [5.74, 6) is -1.03. The molecule has 0 aromatic heterocycles. The van der Waals surface area contributed by atoms with Crippen LogP contribution in [0.3, 0.4) is 0 Å². The first-order valence-electron chi connectivity index (χ1n) is 10.5. The van der Waals surface area contributed by atoms with Crippen LogP contribution >= 0.6 is 0 Å². The van der Waals surface area contributed by atoms with Crippen molar-refractivity contribution in [2.75, 3.05) is 26.2 Å². The highest BCUT2D eigenvalue weighted by molar-refractivity contribution is 7.89. The molecule has 0 bridgehead atoms. The van der Waals surface area contributed by atoms with E-state index in [1.807, 2.05) is 37.3 Å². The smallest absolute Gasteiger partial charge is 0.338 e. The average molecular weight is 445 g/mol. The van der Waals surface area contributed by atoms with Gasteiger partial charge >= 0.3 is 5.97 Å². The molecule has 0 radical (unpaired) electrons. The first kappa shape index (κ1) is 23.0. The van der Waals surface area contributed by atoms with Crippen LogP contribution in [0.5, 0.6) is 0 Å². The number of ether oxygens (including phenoxy) is 1. The van der Waals surface area contributed by atoms with Gasteiger partial charge in [0.25, 0.3) is 5.91 Å². The maximum Gasteiger partial charge on any atom is 0.338 e. The number of nitrogens with zero attached hydrogens (tertiary/aromatic N) is 2. The van der Waals surface area contributed by atoms with Crippen molar-refractivity contribution in [3.8, 4) is 0 Å². The molecule has 0 atom stereocenters. The third kappa shape index (κ3) is 5.92. The molecule has 1 aliphatic heterocycles. The summed E-state index contributed by atoms with van der Waals surface area (Å²) < 4.78 is 32.3. The lowest BCUT2D eigenvalue weighted by Crippen LogP contribution is -2.35. The number of hydrogen-bond donors (Lipinski definition) is 0. The molecule has 0 N–H and O–H groups in total. The highest BCUT2D eigenvalue weighted by Gasteiger charge is 2.26. The van der Waals surface area contributed by atoms with Gasteiger partial charge in [0.2, 0.25) is 10.0 Å². The number of piperidine rings is 1. The zero-order valence-corrected chi connectivity index (χ0v) is 18.5. The zero-order chi connectivity index (χ0) is 22.3. The van der Waals surface area contributed by atoms with E-state index in [0.29, 0.717) is 26.2 Å². The van der Waals surface area contributed by atoms with Crippen molar-refractivity contribution in [2.45, 2.75) is 37.6 Å². The second-order valence-corrected chi connectivity index (χ2v) is 9.40. The lowest BCUT2D eigenvalue weighted by molar-refractivity contribution is -0.134. The molecule has 0 spiro atoms. The predicted octanol–water partition coefficient (Wildman–Crippen LogP) is 3.07. The number of benzene rings is 2. The minimum atomic E-state index is -3.65. The summed E-state index contributed by atoms with van der Waals surface area (Å²) in [6, 6.07) is 15.4. The molecule has 0 unspecified atom stereocenters. The van der Waals surface area contributed by atoms with Gasteiger partial charge in [-0.15, -0.1) is 0 Å². The van der Waals surface area contributed by atoms with Crippen LogP contribution in [-0.2, 0) is 26.1 Å². The Labute approximate surface area is 183 Å². The number of carbonyl (C=O) groups is 2. The fraction of sp³-hybridized carbons (Fsp3) is 0.391. The van der Waals surface area contributed by atoms with Crippen LogP contribution in [0.4, 0.5) is 0 Å². The van der Waals surface area contributed by atoms with E-state index in [2.05, 4.69) is 0 Å². The molecule has 2 aromatic carbocycles. The van der Waals surface area contributed by atoms with Crippen molar-refractivity contribution in [1.29, 1.82) is 0 Å². The SMILES string of the molecule is CCN(Cc1ccccc1)C(=O)COC(=O)c1cccc(S(=O)(=O)N2CCCCC2)c1. The summed E-state index contributed by atoms with van der Waals surface area (Å²) >= 11 is 0. The fourth-order valence-corrected chi connectivity index (χ4v) is 5.08. The molecule has 2 aromatic rings. The van der Waals surface area contributed by atoms with Gasteiger partial charge in [-0.05, 0) is 43.5 Å². The van der Waals surface area contributed by atoms with Gasteiger partial charge in [-0.1, -0.05) is 42.8 Å². The van der Waals surface area contributed by atoms with E-state index in [1.165, 1.54) is 28.6 Å². The summed E-state index contributed by atoms with van der Waals surface area (Å²) in [5, 5.41) is 0. The van der Waals surface area contributed by atoms with E-state index in [4.69, 9.17) is 4.74 Å². The number of likely N-dealkylation sites (N-methyl/N-ethyl adjacent to an activating group) is 1. The molecule has 1 heterocycles. The lowest BCUT2D eigenvalue weighted by atomic mass is 10.2. The average Bonchev–Trinajstić information content (AvgIpc) is 2.82. The summed E-state index contributed by atoms with van der Waals surface area (Å²) in [7, 11) is -3.65. The number of amides is 1. The molecule has 1 saturated heterocycles. The molecule has 3 rings (SSSR count). The van der Waals surface area contributed by atoms with Gasteiger partial charge in [0.15, 0.2) is 6.61 Å². The molecule has 31 heavy (non-hydrogen) atoms. The van der Waals surface area contributed by atoms with Gasteiger partial charge in [-0.3, -0.25) is 4.79 Å². The summed E-state index contributed by atoms with van der Waals surface area (Å²) in [6.07, 6.45) is 2.69. The molecule has 7 nitrogen and oxygen atoms in total. The topological polar surface area (TPSA) is 84.0 Å². The monoisotopic (exact) mass is 444 g/mol. The van der Waals surface area contributed by atoms with Gasteiger partial charge in [-0.25, -0.2) is 13.2 Å². The summed E-state index contributed by atoms with van der Waals surface area (Å²) in [6.45, 7) is 3.34. The largest absolute Gasteiger partial charge is 0.452 e. The van der Waals surface area contributed by atoms with E-state index in [0.717, 1.165) is 24.8 Å². The maximum absolute atomic E-state index is 12.8. The fourth-order valence-electron chi connectivity index (χ4n) is 3.52. The highest BCUT2D eigenvalue weighted by atomic mass is 32.2. The van der Waals surface area contributed by atoms with Crippen molar-refractivity contribution in [3.63, 3.8) is 0 Å². The van der Waals surface area contributed by atoms with Crippen LogP contribution in [0.1, 0.15) is 42.1 Å². The Balaban J connectivity index is 1.62. The number of hydrogen-bond acceptors (Lipinski definition) is 5. The van der Waals surface area contributed by atoms with E-state index in [-0.39, 0.29) is 16.4 Å². The van der Waals surface area contributed by atoms with Crippen molar-refractivity contribution in [1.82, 2.24) is 9.21 Å². The molecular formula is C23H28N2O5S. The molecule has 1 aliphatic rings. The van der Waals surface area contributed by atoms with Gasteiger partial charge in [-0.2, -0.15) is 4.31 Å². The van der Waals surface area contributed by atoms with Crippen molar-refractivity contribution < 1.29 is 22.7 Å². The third-order valence-corrected chi connectivity index (χ3v) is 7.19. The van der Waals surface area contributed by atoms with Gasteiger partial charge in [0.1, 0.15) is 0 Å². The Hall–Kier alpha value is -2.71. The van der Waals surface area contributed by atoms with Crippen LogP contribution in [-0.4, -0.2) is 55.7 Å². The predicted molar refractivity (Wildman–Crippen MR) is 117 cm³/mol. The van der Waals surface area contributed by atoms with Gasteiger partial charge < -0.3 is 9.64 Å². The molecule has 1 amide bonds. The first-order chi connectivity index (χ1) is 14.9. The Morgan fingerprint density at radius 3 is 2.39 bits per heavy atom. The van der Waals surface area contributed by atoms with Crippen LogP contribution < -0.4 is 0 Å². The minimum Gasteiger partial charge on any atom is -0.452 e. The Kier molecular flexibility index (Phi) is 7.81. The number of sulfonamides is 1. The Bertz CT molecular complexity index is 1000. The van der Waals surface area contributed by atoms with Gasteiger partial charge in [0, 0.05) is 26.2 Å². The van der Waals surface area contributed by atoms with Crippen molar-refractivity contribution in [3.05, 3.63) is 65.7 Å². The third-order valence-electron chi connectivity index (χ3n) is 5.30. The number of rotatable bonds is 8. The van der Waals surface area contributed by atoms with E-state index in [9.17, 15) is 18.0 Å². The van der Waals surface area contributed by atoms with E-state index < -0.39 is 22.6 Å². The van der Waals surface area contributed by atoms with Gasteiger partial charge in [0.05, 0.1) is 10.5 Å². The Morgan fingerprint density at radius 2 is 1.71 bits per heavy atom. The van der Waals surface area contributed by atoms with Crippen LogP contribution in [0.25, 0.3) is 0 Å². The zero-order valence-electron chi connectivity index (χ0n) is 17.7. The van der Waals surface area contributed by atoms with Crippen LogP contribution in [0.15, 0.2) is 59.5 Å².